The maximum Gasteiger partial charge on any atom is 0.449 e. The Hall–Kier alpha value is -3.10. The number of aromatic nitrogens is 2. The largest absolute Gasteiger partial charge is 0.449 e. The molecule has 0 bridgehead atoms. The number of rotatable bonds is 3. The van der Waals surface area contributed by atoms with Crippen LogP contribution in [-0.4, -0.2) is 46.5 Å². The lowest BCUT2D eigenvalue weighted by molar-refractivity contribution is -0.148. The highest BCUT2D eigenvalue weighted by atomic mass is 19.4. The van der Waals surface area contributed by atoms with E-state index in [1.165, 1.54) is 24.3 Å². The molecule has 1 aliphatic heterocycles. The van der Waals surface area contributed by atoms with Crippen molar-refractivity contribution >= 4 is 22.6 Å². The third kappa shape index (κ3) is 3.90. The van der Waals surface area contributed by atoms with Crippen LogP contribution in [0, 0.1) is 5.82 Å². The summed E-state index contributed by atoms with van der Waals surface area (Å²) in [5, 5.41) is 0. The van der Waals surface area contributed by atoms with E-state index in [1.54, 1.807) is 29.2 Å². The molecule has 1 fully saturated rings. The van der Waals surface area contributed by atoms with Crippen LogP contribution < -0.4 is 4.90 Å². The van der Waals surface area contributed by atoms with Gasteiger partial charge in [-0.1, -0.05) is 12.1 Å². The van der Waals surface area contributed by atoms with Crippen molar-refractivity contribution in [1.29, 1.82) is 0 Å². The molecule has 0 unspecified atom stereocenters. The molecule has 0 atom stereocenters. The molecule has 0 N–H and O–H groups in total. The van der Waals surface area contributed by atoms with E-state index in [0.717, 1.165) is 10.3 Å². The Morgan fingerprint density at radius 3 is 2.28 bits per heavy atom. The third-order valence-corrected chi connectivity index (χ3v) is 5.03. The molecule has 1 aliphatic rings. The minimum Gasteiger partial charge on any atom is -0.368 e. The zero-order valence-electron chi connectivity index (χ0n) is 15.4. The SMILES string of the molecule is O=C(Cn1c(C(F)(F)F)nc2ccccc21)N1CCN(c2ccc(F)cc2)CC1. The van der Waals surface area contributed by atoms with Gasteiger partial charge in [-0.05, 0) is 36.4 Å². The molecular weight excluding hydrogens is 388 g/mol. The van der Waals surface area contributed by atoms with Gasteiger partial charge in [0.15, 0.2) is 0 Å². The van der Waals surface area contributed by atoms with Gasteiger partial charge in [-0.15, -0.1) is 0 Å². The molecule has 2 aromatic carbocycles. The number of carbonyl (C=O) groups excluding carboxylic acids is 1. The van der Waals surface area contributed by atoms with E-state index < -0.39 is 24.5 Å². The number of piperazine rings is 1. The molecular formula is C20H18F4N4O. The topological polar surface area (TPSA) is 41.4 Å². The summed E-state index contributed by atoms with van der Waals surface area (Å²) in [5.41, 5.74) is 1.32. The van der Waals surface area contributed by atoms with Crippen LogP contribution in [0.3, 0.4) is 0 Å². The number of alkyl halides is 3. The van der Waals surface area contributed by atoms with Gasteiger partial charge < -0.3 is 14.4 Å². The van der Waals surface area contributed by atoms with E-state index in [1.807, 2.05) is 4.90 Å². The van der Waals surface area contributed by atoms with Crippen LogP contribution in [0.1, 0.15) is 5.82 Å². The van der Waals surface area contributed by atoms with Crippen molar-refractivity contribution in [3.63, 3.8) is 0 Å². The third-order valence-electron chi connectivity index (χ3n) is 5.03. The Morgan fingerprint density at radius 2 is 1.62 bits per heavy atom. The summed E-state index contributed by atoms with van der Waals surface area (Å²) >= 11 is 0. The molecule has 0 aliphatic carbocycles. The van der Waals surface area contributed by atoms with Gasteiger partial charge >= 0.3 is 6.18 Å². The predicted octanol–water partition coefficient (Wildman–Crippen LogP) is 3.54. The van der Waals surface area contributed by atoms with E-state index in [-0.39, 0.29) is 16.9 Å². The maximum absolute atomic E-state index is 13.4. The number of imidazole rings is 1. The van der Waals surface area contributed by atoms with Crippen LogP contribution in [0.25, 0.3) is 11.0 Å². The molecule has 0 saturated carbocycles. The van der Waals surface area contributed by atoms with Crippen LogP contribution in [0.15, 0.2) is 48.5 Å². The first kappa shape index (κ1) is 19.2. The van der Waals surface area contributed by atoms with Gasteiger partial charge in [0.25, 0.3) is 0 Å². The molecule has 3 aromatic rings. The second-order valence-electron chi connectivity index (χ2n) is 6.85. The minimum absolute atomic E-state index is 0.203. The van der Waals surface area contributed by atoms with Crippen molar-refractivity contribution < 1.29 is 22.4 Å². The highest BCUT2D eigenvalue weighted by Crippen LogP contribution is 2.31. The van der Waals surface area contributed by atoms with E-state index >= 15 is 0 Å². The van der Waals surface area contributed by atoms with Gasteiger partial charge in [0.05, 0.1) is 11.0 Å². The van der Waals surface area contributed by atoms with Crippen molar-refractivity contribution in [3.8, 4) is 0 Å². The van der Waals surface area contributed by atoms with Gasteiger partial charge in [0, 0.05) is 31.9 Å². The molecule has 152 valence electrons. The highest BCUT2D eigenvalue weighted by Gasteiger charge is 2.38. The van der Waals surface area contributed by atoms with Crippen LogP contribution in [0.5, 0.6) is 0 Å². The first-order chi connectivity index (χ1) is 13.8. The smallest absolute Gasteiger partial charge is 0.368 e. The second-order valence-corrected chi connectivity index (χ2v) is 6.85. The number of benzene rings is 2. The number of halogens is 4. The van der Waals surface area contributed by atoms with Crippen molar-refractivity contribution in [1.82, 2.24) is 14.5 Å². The summed E-state index contributed by atoms with van der Waals surface area (Å²) < 4.78 is 54.2. The van der Waals surface area contributed by atoms with Crippen LogP contribution >= 0.6 is 0 Å². The summed E-state index contributed by atoms with van der Waals surface area (Å²) in [6.07, 6.45) is -4.65. The zero-order valence-corrected chi connectivity index (χ0v) is 15.4. The first-order valence-corrected chi connectivity index (χ1v) is 9.14. The van der Waals surface area contributed by atoms with Crippen LogP contribution in [0.4, 0.5) is 23.2 Å². The Labute approximate surface area is 164 Å². The summed E-state index contributed by atoms with van der Waals surface area (Å²) in [4.78, 5) is 19.9. The number of anilines is 1. The molecule has 29 heavy (non-hydrogen) atoms. The van der Waals surface area contributed by atoms with E-state index in [2.05, 4.69) is 4.98 Å². The standard InChI is InChI=1S/C20H18F4N4O/c21-14-5-7-15(8-6-14)26-9-11-27(12-10-26)18(29)13-28-17-4-2-1-3-16(17)25-19(28)20(22,23)24/h1-8H,9-13H2. The number of amides is 1. The average Bonchev–Trinajstić information content (AvgIpc) is 3.08. The highest BCUT2D eigenvalue weighted by molar-refractivity contribution is 5.81. The van der Waals surface area contributed by atoms with Crippen LogP contribution in [0.2, 0.25) is 0 Å². The molecule has 0 spiro atoms. The predicted molar refractivity (Wildman–Crippen MR) is 99.9 cm³/mol. The lowest BCUT2D eigenvalue weighted by atomic mass is 10.2. The van der Waals surface area contributed by atoms with E-state index in [4.69, 9.17) is 0 Å². The fraction of sp³-hybridized carbons (Fsp3) is 0.300. The van der Waals surface area contributed by atoms with Crippen molar-refractivity contribution in [3.05, 3.63) is 60.2 Å². The summed E-state index contributed by atoms with van der Waals surface area (Å²) in [6, 6.07) is 12.3. The fourth-order valence-electron chi connectivity index (χ4n) is 3.55. The first-order valence-electron chi connectivity index (χ1n) is 9.14. The monoisotopic (exact) mass is 406 g/mol. The van der Waals surface area contributed by atoms with Gasteiger partial charge in [0.2, 0.25) is 11.7 Å². The number of fused-ring (bicyclic) bond motifs is 1. The molecule has 1 amide bonds. The molecule has 4 rings (SSSR count). The maximum atomic E-state index is 13.4. The second kappa shape index (κ2) is 7.38. The van der Waals surface area contributed by atoms with Gasteiger partial charge in [-0.3, -0.25) is 4.79 Å². The average molecular weight is 406 g/mol. The number of carbonyl (C=O) groups is 1. The zero-order chi connectivity index (χ0) is 20.6. The molecule has 5 nitrogen and oxygen atoms in total. The molecule has 1 aromatic heterocycles. The molecule has 1 saturated heterocycles. The summed E-state index contributed by atoms with van der Waals surface area (Å²) in [7, 11) is 0. The number of hydrogen-bond acceptors (Lipinski definition) is 3. The van der Waals surface area contributed by atoms with Crippen molar-refractivity contribution in [2.45, 2.75) is 12.7 Å². The van der Waals surface area contributed by atoms with Gasteiger partial charge in [-0.25, -0.2) is 9.37 Å². The molecule has 0 radical (unpaired) electrons. The Bertz CT molecular complexity index is 1020. The summed E-state index contributed by atoms with van der Waals surface area (Å²) in [6.45, 7) is 1.38. The lowest BCUT2D eigenvalue weighted by Crippen LogP contribution is -2.49. The number of hydrogen-bond donors (Lipinski definition) is 0. The number of para-hydroxylation sites is 2. The number of nitrogens with zero attached hydrogens (tertiary/aromatic N) is 4. The lowest BCUT2D eigenvalue weighted by Gasteiger charge is -2.36. The van der Waals surface area contributed by atoms with Gasteiger partial charge in [-0.2, -0.15) is 13.2 Å². The minimum atomic E-state index is -4.65. The Balaban J connectivity index is 1.49. The molecule has 2 heterocycles. The Kier molecular flexibility index (Phi) is 4.89. The van der Waals surface area contributed by atoms with Crippen molar-refractivity contribution in [2.24, 2.45) is 0 Å². The van der Waals surface area contributed by atoms with E-state index in [0.29, 0.717) is 26.2 Å². The van der Waals surface area contributed by atoms with Gasteiger partial charge in [0.1, 0.15) is 12.4 Å². The summed E-state index contributed by atoms with van der Waals surface area (Å²) in [5.74, 6) is -1.79. The molecule has 9 heteroatoms. The Morgan fingerprint density at radius 1 is 0.966 bits per heavy atom. The van der Waals surface area contributed by atoms with E-state index in [9.17, 15) is 22.4 Å². The quantitative estimate of drug-likeness (QED) is 0.625. The fourth-order valence-corrected chi connectivity index (χ4v) is 3.55. The van der Waals surface area contributed by atoms with Crippen LogP contribution in [-0.2, 0) is 17.5 Å². The normalized spacial score (nSPS) is 15.2. The van der Waals surface area contributed by atoms with Crippen molar-refractivity contribution in [2.75, 3.05) is 31.1 Å².